The lowest BCUT2D eigenvalue weighted by molar-refractivity contribution is -0.135. The van der Waals surface area contributed by atoms with E-state index < -0.39 is 0 Å². The summed E-state index contributed by atoms with van der Waals surface area (Å²) < 4.78 is 7.23. The standard InChI is InChI=1S/C17H24N6O2/c1-3-25-15-5-7-18-17(20-15)22-11-9-21(10-12-22)16(24)14(2)13-23-8-4-6-19-23/h4-8,14H,3,9-13H2,1-2H3. The average molecular weight is 344 g/mol. The Morgan fingerprint density at radius 2 is 2.08 bits per heavy atom. The largest absolute Gasteiger partial charge is 0.478 e. The molecule has 1 aliphatic rings. The van der Waals surface area contributed by atoms with Crippen molar-refractivity contribution in [2.24, 2.45) is 5.92 Å². The van der Waals surface area contributed by atoms with Gasteiger partial charge in [-0.1, -0.05) is 6.92 Å². The number of nitrogens with zero attached hydrogens (tertiary/aromatic N) is 6. The van der Waals surface area contributed by atoms with Crippen LogP contribution in [0.4, 0.5) is 5.95 Å². The van der Waals surface area contributed by atoms with E-state index in [0.29, 0.717) is 38.1 Å². The molecule has 2 aromatic heterocycles. The molecule has 0 aromatic carbocycles. The number of carbonyl (C=O) groups excluding carboxylic acids is 1. The van der Waals surface area contributed by atoms with E-state index in [1.54, 1.807) is 23.1 Å². The normalized spacial score (nSPS) is 15.9. The number of ether oxygens (including phenoxy) is 1. The molecule has 0 bridgehead atoms. The highest BCUT2D eigenvalue weighted by atomic mass is 16.5. The van der Waals surface area contributed by atoms with Gasteiger partial charge in [-0.05, 0) is 13.0 Å². The molecule has 0 spiro atoms. The first-order valence-corrected chi connectivity index (χ1v) is 8.64. The maximum Gasteiger partial charge on any atom is 0.228 e. The van der Waals surface area contributed by atoms with Crippen molar-refractivity contribution in [3.8, 4) is 5.88 Å². The highest BCUT2D eigenvalue weighted by Gasteiger charge is 2.26. The number of carbonyl (C=O) groups is 1. The molecule has 1 saturated heterocycles. The van der Waals surface area contributed by atoms with Gasteiger partial charge >= 0.3 is 0 Å². The van der Waals surface area contributed by atoms with E-state index in [0.717, 1.165) is 13.1 Å². The van der Waals surface area contributed by atoms with Gasteiger partial charge in [0.05, 0.1) is 19.1 Å². The molecular formula is C17H24N6O2. The van der Waals surface area contributed by atoms with Crippen molar-refractivity contribution < 1.29 is 9.53 Å². The summed E-state index contributed by atoms with van der Waals surface area (Å²) in [4.78, 5) is 25.4. The van der Waals surface area contributed by atoms with Crippen LogP contribution >= 0.6 is 0 Å². The van der Waals surface area contributed by atoms with Gasteiger partial charge in [-0.3, -0.25) is 9.48 Å². The molecule has 3 rings (SSSR count). The molecule has 1 atom stereocenters. The van der Waals surface area contributed by atoms with Crippen molar-refractivity contribution in [3.05, 3.63) is 30.7 Å². The highest BCUT2D eigenvalue weighted by Crippen LogP contribution is 2.16. The minimum atomic E-state index is -0.0935. The predicted molar refractivity (Wildman–Crippen MR) is 93.4 cm³/mol. The number of hydrogen-bond acceptors (Lipinski definition) is 6. The molecule has 3 heterocycles. The van der Waals surface area contributed by atoms with Crippen LogP contribution in [0.3, 0.4) is 0 Å². The lowest BCUT2D eigenvalue weighted by Gasteiger charge is -2.36. The Kier molecular flexibility index (Phi) is 5.47. The second kappa shape index (κ2) is 7.96. The van der Waals surface area contributed by atoms with Crippen LogP contribution in [0.1, 0.15) is 13.8 Å². The first-order valence-electron chi connectivity index (χ1n) is 8.64. The summed E-state index contributed by atoms with van der Waals surface area (Å²) in [7, 11) is 0. The van der Waals surface area contributed by atoms with Crippen LogP contribution in [-0.4, -0.2) is 63.3 Å². The molecule has 1 unspecified atom stereocenters. The van der Waals surface area contributed by atoms with Gasteiger partial charge in [0.2, 0.25) is 17.7 Å². The molecule has 25 heavy (non-hydrogen) atoms. The Hall–Kier alpha value is -2.64. The lowest BCUT2D eigenvalue weighted by atomic mass is 10.1. The molecule has 1 fully saturated rings. The molecule has 0 aliphatic carbocycles. The van der Waals surface area contributed by atoms with Crippen LogP contribution in [0.15, 0.2) is 30.7 Å². The summed E-state index contributed by atoms with van der Waals surface area (Å²) >= 11 is 0. The number of hydrogen-bond donors (Lipinski definition) is 0. The van der Waals surface area contributed by atoms with Gasteiger partial charge in [0.15, 0.2) is 0 Å². The van der Waals surface area contributed by atoms with Crippen LogP contribution in [-0.2, 0) is 11.3 Å². The van der Waals surface area contributed by atoms with Gasteiger partial charge in [-0.15, -0.1) is 0 Å². The van der Waals surface area contributed by atoms with E-state index in [1.807, 2.05) is 31.0 Å². The Balaban J connectivity index is 1.54. The minimum Gasteiger partial charge on any atom is -0.478 e. The van der Waals surface area contributed by atoms with E-state index in [2.05, 4.69) is 20.0 Å². The molecule has 0 radical (unpaired) electrons. The van der Waals surface area contributed by atoms with E-state index in [4.69, 9.17) is 4.74 Å². The fraction of sp³-hybridized carbons (Fsp3) is 0.529. The topological polar surface area (TPSA) is 76.4 Å². The highest BCUT2D eigenvalue weighted by molar-refractivity contribution is 5.78. The number of rotatable bonds is 6. The second-order valence-corrected chi connectivity index (χ2v) is 6.07. The quantitative estimate of drug-likeness (QED) is 0.780. The van der Waals surface area contributed by atoms with Crippen LogP contribution in [0, 0.1) is 5.92 Å². The van der Waals surface area contributed by atoms with Crippen molar-refractivity contribution in [3.63, 3.8) is 0 Å². The van der Waals surface area contributed by atoms with E-state index >= 15 is 0 Å². The smallest absolute Gasteiger partial charge is 0.228 e. The maximum absolute atomic E-state index is 12.6. The summed E-state index contributed by atoms with van der Waals surface area (Å²) in [6.45, 7) is 7.83. The fourth-order valence-electron chi connectivity index (χ4n) is 2.92. The van der Waals surface area contributed by atoms with Crippen LogP contribution in [0.25, 0.3) is 0 Å². The van der Waals surface area contributed by atoms with Crippen LogP contribution in [0.5, 0.6) is 5.88 Å². The van der Waals surface area contributed by atoms with Gasteiger partial charge in [0.1, 0.15) is 0 Å². The van der Waals surface area contributed by atoms with Gasteiger partial charge in [0, 0.05) is 50.8 Å². The number of piperazine rings is 1. The monoisotopic (exact) mass is 344 g/mol. The zero-order valence-electron chi connectivity index (χ0n) is 14.7. The molecule has 1 amide bonds. The summed E-state index contributed by atoms with van der Waals surface area (Å²) in [6.07, 6.45) is 5.31. The van der Waals surface area contributed by atoms with E-state index in [1.165, 1.54) is 0 Å². The molecule has 0 saturated carbocycles. The summed E-state index contributed by atoms with van der Waals surface area (Å²) in [5, 5.41) is 4.17. The Morgan fingerprint density at radius 3 is 2.76 bits per heavy atom. The first-order chi connectivity index (χ1) is 12.2. The Morgan fingerprint density at radius 1 is 1.28 bits per heavy atom. The van der Waals surface area contributed by atoms with Crippen molar-refractivity contribution in [2.75, 3.05) is 37.7 Å². The molecule has 2 aromatic rings. The third kappa shape index (κ3) is 4.26. The average Bonchev–Trinajstić information content (AvgIpc) is 3.15. The third-order valence-corrected chi connectivity index (χ3v) is 4.23. The third-order valence-electron chi connectivity index (χ3n) is 4.23. The zero-order chi connectivity index (χ0) is 17.6. The summed E-state index contributed by atoms with van der Waals surface area (Å²) in [5.41, 5.74) is 0. The number of aromatic nitrogens is 4. The fourth-order valence-corrected chi connectivity index (χ4v) is 2.92. The molecule has 134 valence electrons. The lowest BCUT2D eigenvalue weighted by Crippen LogP contribution is -2.51. The minimum absolute atomic E-state index is 0.0935. The van der Waals surface area contributed by atoms with Crippen molar-refractivity contribution in [2.45, 2.75) is 20.4 Å². The molecule has 0 N–H and O–H groups in total. The molecular weight excluding hydrogens is 320 g/mol. The predicted octanol–water partition coefficient (Wildman–Crippen LogP) is 1.06. The summed E-state index contributed by atoms with van der Waals surface area (Å²) in [6, 6.07) is 3.62. The number of anilines is 1. The van der Waals surface area contributed by atoms with Gasteiger partial charge in [-0.2, -0.15) is 10.1 Å². The maximum atomic E-state index is 12.6. The Labute approximate surface area is 147 Å². The van der Waals surface area contributed by atoms with Crippen LogP contribution in [0.2, 0.25) is 0 Å². The molecule has 8 heteroatoms. The SMILES string of the molecule is CCOc1ccnc(N2CCN(C(=O)C(C)Cn3cccn3)CC2)n1. The van der Waals surface area contributed by atoms with Crippen molar-refractivity contribution in [1.82, 2.24) is 24.6 Å². The summed E-state index contributed by atoms with van der Waals surface area (Å²) in [5.74, 6) is 1.31. The van der Waals surface area contributed by atoms with Gasteiger partial charge in [-0.25, -0.2) is 4.98 Å². The number of amides is 1. The molecule has 8 nitrogen and oxygen atoms in total. The van der Waals surface area contributed by atoms with Gasteiger partial charge in [0.25, 0.3) is 0 Å². The molecule has 1 aliphatic heterocycles. The van der Waals surface area contributed by atoms with E-state index in [9.17, 15) is 4.79 Å². The van der Waals surface area contributed by atoms with E-state index in [-0.39, 0.29) is 11.8 Å². The Bertz CT molecular complexity index is 682. The van der Waals surface area contributed by atoms with Crippen LogP contribution < -0.4 is 9.64 Å². The second-order valence-electron chi connectivity index (χ2n) is 6.07. The first kappa shape index (κ1) is 17.2. The van der Waals surface area contributed by atoms with Crippen molar-refractivity contribution in [1.29, 1.82) is 0 Å². The zero-order valence-corrected chi connectivity index (χ0v) is 14.7. The van der Waals surface area contributed by atoms with Crippen molar-refractivity contribution >= 4 is 11.9 Å². The van der Waals surface area contributed by atoms with Gasteiger partial charge < -0.3 is 14.5 Å².